The highest BCUT2D eigenvalue weighted by molar-refractivity contribution is 7.91. The number of ether oxygens (including phenoxy) is 1. The van der Waals surface area contributed by atoms with Crippen LogP contribution in [0.4, 0.5) is 0 Å². The first-order chi connectivity index (χ1) is 18.6. The van der Waals surface area contributed by atoms with Crippen LogP contribution in [0.5, 0.6) is 5.75 Å². The van der Waals surface area contributed by atoms with Crippen LogP contribution in [0.3, 0.4) is 0 Å². The summed E-state index contributed by atoms with van der Waals surface area (Å²) in [6.45, 7) is 6.91. The van der Waals surface area contributed by atoms with Crippen molar-refractivity contribution >= 4 is 21.4 Å². The third-order valence-corrected chi connectivity index (χ3v) is 8.12. The molecule has 0 saturated heterocycles. The molecular formula is C29H30N4O5S. The van der Waals surface area contributed by atoms with Crippen LogP contribution in [0.2, 0.25) is 0 Å². The van der Waals surface area contributed by atoms with Gasteiger partial charge in [-0.2, -0.15) is 5.26 Å². The minimum atomic E-state index is -3.35. The van der Waals surface area contributed by atoms with Crippen molar-refractivity contribution in [1.82, 2.24) is 14.7 Å². The number of imidazole rings is 1. The molecule has 0 spiro atoms. The zero-order valence-electron chi connectivity index (χ0n) is 22.2. The molecule has 9 nitrogen and oxygen atoms in total. The molecule has 2 heterocycles. The summed E-state index contributed by atoms with van der Waals surface area (Å²) in [6, 6.07) is 16.2. The predicted octanol–water partition coefficient (Wildman–Crippen LogP) is 4.23. The molecule has 1 amide bonds. The summed E-state index contributed by atoms with van der Waals surface area (Å²) >= 11 is 0. The fourth-order valence-electron chi connectivity index (χ4n) is 4.25. The van der Waals surface area contributed by atoms with Gasteiger partial charge >= 0.3 is 0 Å². The van der Waals surface area contributed by atoms with E-state index in [2.05, 4.69) is 11.4 Å². The molecule has 4 rings (SSSR count). The first-order valence-corrected chi connectivity index (χ1v) is 14.2. The Morgan fingerprint density at radius 1 is 1.15 bits per heavy atom. The standard InChI is InChI=1S/C29H30N4O5S/c1-5-39(36,37)24-9-6-20(7-10-24)25(17-34)31-29(35)22-12-13-33-19(4)28(32-27(33)15-22)21-8-11-26(38-18(2)3)23(14-21)16-30/h6-15,18,25,34H,5,17H2,1-4H3,(H,31,35)/t25-/m0/s1. The Morgan fingerprint density at radius 2 is 1.87 bits per heavy atom. The number of rotatable bonds is 9. The number of hydrogen-bond donors (Lipinski definition) is 2. The average Bonchev–Trinajstić information content (AvgIpc) is 3.27. The van der Waals surface area contributed by atoms with E-state index in [4.69, 9.17) is 9.72 Å². The molecule has 0 aliphatic rings. The summed E-state index contributed by atoms with van der Waals surface area (Å²) < 4.78 is 31.7. The van der Waals surface area contributed by atoms with Crippen LogP contribution in [0.25, 0.3) is 16.9 Å². The summed E-state index contributed by atoms with van der Waals surface area (Å²) in [4.78, 5) is 18.0. The third-order valence-electron chi connectivity index (χ3n) is 6.37. The number of nitrogens with one attached hydrogen (secondary N) is 1. The van der Waals surface area contributed by atoms with Gasteiger partial charge in [-0.15, -0.1) is 0 Å². The van der Waals surface area contributed by atoms with E-state index in [0.717, 1.165) is 11.3 Å². The number of sulfone groups is 1. The number of carbonyl (C=O) groups is 1. The number of carbonyl (C=O) groups excluding carboxylic acids is 1. The number of aliphatic hydroxyl groups excluding tert-OH is 1. The fraction of sp³-hybridized carbons (Fsp3) is 0.276. The molecule has 1 atom stereocenters. The quantitative estimate of drug-likeness (QED) is 0.321. The van der Waals surface area contributed by atoms with Crippen LogP contribution in [-0.2, 0) is 9.84 Å². The Morgan fingerprint density at radius 3 is 2.49 bits per heavy atom. The summed E-state index contributed by atoms with van der Waals surface area (Å²) in [5.74, 6) is 0.0871. The second kappa shape index (κ2) is 11.3. The molecule has 2 N–H and O–H groups in total. The lowest BCUT2D eigenvalue weighted by Gasteiger charge is -2.17. The van der Waals surface area contributed by atoms with Crippen molar-refractivity contribution in [2.75, 3.05) is 12.4 Å². The van der Waals surface area contributed by atoms with Crippen molar-refractivity contribution in [3.63, 3.8) is 0 Å². The molecule has 4 aromatic rings. The number of nitrogens with zero attached hydrogens (tertiary/aromatic N) is 3. The van der Waals surface area contributed by atoms with Crippen molar-refractivity contribution in [3.05, 3.63) is 83.2 Å². The largest absolute Gasteiger partial charge is 0.490 e. The summed E-state index contributed by atoms with van der Waals surface area (Å²) in [7, 11) is -3.35. The minimum absolute atomic E-state index is 0.0126. The Labute approximate surface area is 227 Å². The smallest absolute Gasteiger partial charge is 0.252 e. The van der Waals surface area contributed by atoms with Crippen LogP contribution in [0.15, 0.2) is 65.7 Å². The van der Waals surface area contributed by atoms with Crippen molar-refractivity contribution in [2.45, 2.75) is 44.7 Å². The third kappa shape index (κ3) is 5.79. The van der Waals surface area contributed by atoms with Gasteiger partial charge in [-0.25, -0.2) is 13.4 Å². The number of amides is 1. The second-order valence-electron chi connectivity index (χ2n) is 9.36. The summed E-state index contributed by atoms with van der Waals surface area (Å²) in [5, 5.41) is 22.3. The van der Waals surface area contributed by atoms with E-state index >= 15 is 0 Å². The Balaban J connectivity index is 1.59. The maximum atomic E-state index is 13.1. The first-order valence-electron chi connectivity index (χ1n) is 12.5. The zero-order valence-corrected chi connectivity index (χ0v) is 23.0. The number of aromatic nitrogens is 2. The molecule has 0 fully saturated rings. The maximum absolute atomic E-state index is 13.1. The Hall–Kier alpha value is -4.20. The van der Waals surface area contributed by atoms with Gasteiger partial charge < -0.3 is 19.6 Å². The molecule has 39 heavy (non-hydrogen) atoms. The fourth-order valence-corrected chi connectivity index (χ4v) is 5.14. The lowest BCUT2D eigenvalue weighted by molar-refractivity contribution is 0.0916. The van der Waals surface area contributed by atoms with Gasteiger partial charge in [0.05, 0.1) is 40.7 Å². The second-order valence-corrected chi connectivity index (χ2v) is 11.6. The highest BCUT2D eigenvalue weighted by Crippen LogP contribution is 2.29. The average molecular weight is 547 g/mol. The van der Waals surface area contributed by atoms with E-state index < -0.39 is 21.8 Å². The first kappa shape index (κ1) is 27.8. The van der Waals surface area contributed by atoms with Crippen LogP contribution in [-0.4, -0.2) is 47.3 Å². The highest BCUT2D eigenvalue weighted by Gasteiger charge is 2.19. The minimum Gasteiger partial charge on any atom is -0.490 e. The van der Waals surface area contributed by atoms with Crippen molar-refractivity contribution in [1.29, 1.82) is 5.26 Å². The predicted molar refractivity (Wildman–Crippen MR) is 147 cm³/mol. The molecule has 0 saturated carbocycles. The van der Waals surface area contributed by atoms with E-state index in [9.17, 15) is 23.6 Å². The van der Waals surface area contributed by atoms with Crippen LogP contribution >= 0.6 is 0 Å². The number of nitriles is 1. The Kier molecular flexibility index (Phi) is 8.04. The summed E-state index contributed by atoms with van der Waals surface area (Å²) in [5.41, 5.74) is 4.16. The molecule has 0 bridgehead atoms. The SMILES string of the molecule is CCS(=O)(=O)c1ccc([C@H](CO)NC(=O)c2ccn3c(C)c(-c4ccc(OC(C)C)c(C#N)c4)nc3c2)cc1. The van der Waals surface area contributed by atoms with Crippen LogP contribution in [0, 0.1) is 18.3 Å². The lowest BCUT2D eigenvalue weighted by atomic mass is 10.1. The van der Waals surface area contributed by atoms with Gasteiger partial charge in [0.25, 0.3) is 5.91 Å². The molecule has 10 heteroatoms. The van der Waals surface area contributed by atoms with E-state index in [1.165, 1.54) is 12.1 Å². The monoisotopic (exact) mass is 546 g/mol. The Bertz CT molecular complexity index is 1670. The number of benzene rings is 2. The van der Waals surface area contributed by atoms with Gasteiger partial charge in [0.2, 0.25) is 0 Å². The van der Waals surface area contributed by atoms with Crippen LogP contribution in [0.1, 0.15) is 54.0 Å². The molecule has 0 unspecified atom stereocenters. The molecule has 2 aromatic carbocycles. The highest BCUT2D eigenvalue weighted by atomic mass is 32.2. The molecule has 202 valence electrons. The molecule has 0 radical (unpaired) electrons. The summed E-state index contributed by atoms with van der Waals surface area (Å²) in [6.07, 6.45) is 1.68. The molecule has 0 aliphatic carbocycles. The number of aliphatic hydroxyl groups is 1. The number of pyridine rings is 1. The lowest BCUT2D eigenvalue weighted by Crippen LogP contribution is -2.30. The zero-order chi connectivity index (χ0) is 28.3. The van der Waals surface area contributed by atoms with Crippen molar-refractivity contribution < 1.29 is 23.1 Å². The van der Waals surface area contributed by atoms with Gasteiger partial charge in [0, 0.05) is 23.0 Å². The van der Waals surface area contributed by atoms with E-state index in [1.807, 2.05) is 31.2 Å². The van der Waals surface area contributed by atoms with Crippen LogP contribution < -0.4 is 10.1 Å². The number of fused-ring (bicyclic) bond motifs is 1. The normalized spacial score (nSPS) is 12.3. The maximum Gasteiger partial charge on any atom is 0.252 e. The topological polar surface area (TPSA) is 134 Å². The van der Waals surface area contributed by atoms with Gasteiger partial charge in [0.15, 0.2) is 9.84 Å². The van der Waals surface area contributed by atoms with Gasteiger partial charge in [0.1, 0.15) is 17.5 Å². The van der Waals surface area contributed by atoms with E-state index in [1.54, 1.807) is 49.5 Å². The van der Waals surface area contributed by atoms with Gasteiger partial charge in [-0.05, 0) is 68.8 Å². The molecule has 0 aliphatic heterocycles. The van der Waals surface area contributed by atoms with Gasteiger partial charge in [-0.1, -0.05) is 19.1 Å². The molecular weight excluding hydrogens is 516 g/mol. The van der Waals surface area contributed by atoms with Crippen molar-refractivity contribution in [3.8, 4) is 23.1 Å². The van der Waals surface area contributed by atoms with Crippen molar-refractivity contribution in [2.24, 2.45) is 0 Å². The number of hydrogen-bond acceptors (Lipinski definition) is 7. The molecule has 2 aromatic heterocycles. The van der Waals surface area contributed by atoms with E-state index in [-0.39, 0.29) is 23.4 Å². The number of aryl methyl sites for hydroxylation is 1. The van der Waals surface area contributed by atoms with E-state index in [0.29, 0.717) is 33.8 Å². The van der Waals surface area contributed by atoms with Gasteiger partial charge in [-0.3, -0.25) is 4.79 Å².